The van der Waals surface area contributed by atoms with Gasteiger partial charge in [0, 0.05) is 3.57 Å². The van der Waals surface area contributed by atoms with E-state index in [2.05, 4.69) is 22.6 Å². The number of para-hydroxylation sites is 1. The van der Waals surface area contributed by atoms with Gasteiger partial charge in [0.15, 0.2) is 0 Å². The molecule has 0 aliphatic carbocycles. The molecular formula is C8H10INO. The quantitative estimate of drug-likeness (QED) is 0.656. The summed E-state index contributed by atoms with van der Waals surface area (Å²) in [5, 5.41) is 0. The Balaban J connectivity index is 2.96. The molecule has 1 aromatic carbocycles. The highest BCUT2D eigenvalue weighted by molar-refractivity contribution is 14.1. The first kappa shape index (κ1) is 8.64. The number of nitrogens with two attached hydrogens (primary N) is 1. The molecule has 1 aromatic rings. The number of hydrogen-bond donors (Lipinski definition) is 1. The van der Waals surface area contributed by atoms with Crippen molar-refractivity contribution in [3.8, 4) is 5.75 Å². The van der Waals surface area contributed by atoms with Gasteiger partial charge in [0.25, 0.3) is 0 Å². The summed E-state index contributed by atoms with van der Waals surface area (Å²) in [6.07, 6.45) is 0. The molecule has 0 bridgehead atoms. The van der Waals surface area contributed by atoms with E-state index in [9.17, 15) is 0 Å². The zero-order valence-corrected chi connectivity index (χ0v) is 8.46. The molecule has 0 spiro atoms. The Hall–Kier alpha value is -0.450. The maximum Gasteiger partial charge on any atom is 0.143 e. The van der Waals surface area contributed by atoms with Crippen molar-refractivity contribution in [3.63, 3.8) is 0 Å². The number of rotatable bonds is 2. The van der Waals surface area contributed by atoms with Crippen LogP contribution in [0.3, 0.4) is 0 Å². The largest absolute Gasteiger partial charge is 0.492 e. The van der Waals surface area contributed by atoms with Crippen molar-refractivity contribution in [2.24, 2.45) is 0 Å². The number of ether oxygens (including phenoxy) is 1. The minimum atomic E-state index is 0.657. The molecule has 11 heavy (non-hydrogen) atoms. The Labute approximate surface area is 79.9 Å². The van der Waals surface area contributed by atoms with Crippen LogP contribution in [0, 0.1) is 3.57 Å². The topological polar surface area (TPSA) is 35.2 Å². The van der Waals surface area contributed by atoms with Crippen LogP contribution in [0.15, 0.2) is 18.2 Å². The van der Waals surface area contributed by atoms with Crippen LogP contribution >= 0.6 is 22.6 Å². The average Bonchev–Trinajstić information content (AvgIpc) is 1.99. The molecule has 0 saturated carbocycles. The normalized spacial score (nSPS) is 9.64. The van der Waals surface area contributed by atoms with Crippen molar-refractivity contribution < 1.29 is 4.74 Å². The van der Waals surface area contributed by atoms with Crippen LogP contribution < -0.4 is 10.5 Å². The molecule has 0 aliphatic heterocycles. The molecule has 0 aromatic heterocycles. The van der Waals surface area contributed by atoms with Gasteiger partial charge >= 0.3 is 0 Å². The average molecular weight is 263 g/mol. The predicted molar refractivity (Wildman–Crippen MR) is 54.7 cm³/mol. The first-order valence-electron chi connectivity index (χ1n) is 3.42. The van der Waals surface area contributed by atoms with Crippen LogP contribution in [0.1, 0.15) is 6.92 Å². The van der Waals surface area contributed by atoms with Gasteiger partial charge in [-0.1, -0.05) is 6.07 Å². The lowest BCUT2D eigenvalue weighted by atomic mass is 10.3. The van der Waals surface area contributed by atoms with Crippen molar-refractivity contribution in [2.75, 3.05) is 12.3 Å². The maximum atomic E-state index is 5.74. The van der Waals surface area contributed by atoms with Crippen molar-refractivity contribution in [3.05, 3.63) is 21.8 Å². The lowest BCUT2D eigenvalue weighted by Gasteiger charge is -2.06. The smallest absolute Gasteiger partial charge is 0.143 e. The fourth-order valence-corrected chi connectivity index (χ4v) is 1.27. The van der Waals surface area contributed by atoms with E-state index < -0.39 is 0 Å². The van der Waals surface area contributed by atoms with Crippen LogP contribution in [-0.4, -0.2) is 6.61 Å². The number of halogens is 1. The van der Waals surface area contributed by atoms with Crippen molar-refractivity contribution >= 4 is 28.3 Å². The molecule has 0 atom stereocenters. The van der Waals surface area contributed by atoms with Gasteiger partial charge in [-0.25, -0.2) is 0 Å². The second-order valence-electron chi connectivity index (χ2n) is 2.08. The Morgan fingerprint density at radius 3 is 2.91 bits per heavy atom. The van der Waals surface area contributed by atoms with Crippen LogP contribution in [-0.2, 0) is 0 Å². The Kier molecular flexibility index (Phi) is 2.99. The molecule has 0 fully saturated rings. The summed E-state index contributed by atoms with van der Waals surface area (Å²) in [5.74, 6) is 0.777. The summed E-state index contributed by atoms with van der Waals surface area (Å²) in [4.78, 5) is 0. The second-order valence-corrected chi connectivity index (χ2v) is 3.25. The highest BCUT2D eigenvalue weighted by atomic mass is 127. The standard InChI is InChI=1S/C8H10INO/c1-2-11-7-5-3-4-6(9)8(7)10/h3-5H,2,10H2,1H3. The van der Waals surface area contributed by atoms with Crippen LogP contribution in [0.5, 0.6) is 5.75 Å². The molecule has 1 rings (SSSR count). The van der Waals surface area contributed by atoms with Crippen molar-refractivity contribution in [2.45, 2.75) is 6.92 Å². The van der Waals surface area contributed by atoms with Crippen LogP contribution in [0.2, 0.25) is 0 Å². The summed E-state index contributed by atoms with van der Waals surface area (Å²) in [6, 6.07) is 5.77. The van der Waals surface area contributed by atoms with E-state index in [0.717, 1.165) is 15.0 Å². The SMILES string of the molecule is CCOc1cccc(I)c1N. The lowest BCUT2D eigenvalue weighted by molar-refractivity contribution is 0.342. The Morgan fingerprint density at radius 2 is 2.27 bits per heavy atom. The molecule has 2 nitrogen and oxygen atoms in total. The summed E-state index contributed by atoms with van der Waals surface area (Å²) >= 11 is 2.18. The van der Waals surface area contributed by atoms with E-state index in [-0.39, 0.29) is 0 Å². The molecule has 2 N–H and O–H groups in total. The van der Waals surface area contributed by atoms with E-state index in [1.807, 2.05) is 25.1 Å². The van der Waals surface area contributed by atoms with Gasteiger partial charge in [-0.3, -0.25) is 0 Å². The Morgan fingerprint density at radius 1 is 1.55 bits per heavy atom. The van der Waals surface area contributed by atoms with Crippen molar-refractivity contribution in [1.82, 2.24) is 0 Å². The third-order valence-electron chi connectivity index (χ3n) is 1.31. The minimum Gasteiger partial charge on any atom is -0.492 e. The van der Waals surface area contributed by atoms with Gasteiger partial charge in [0.2, 0.25) is 0 Å². The van der Waals surface area contributed by atoms with Gasteiger partial charge in [0.05, 0.1) is 12.3 Å². The zero-order chi connectivity index (χ0) is 8.27. The zero-order valence-electron chi connectivity index (χ0n) is 6.30. The number of anilines is 1. The maximum absolute atomic E-state index is 5.74. The van der Waals surface area contributed by atoms with E-state index in [1.54, 1.807) is 0 Å². The van der Waals surface area contributed by atoms with Gasteiger partial charge in [0.1, 0.15) is 5.75 Å². The molecule has 0 radical (unpaired) electrons. The fraction of sp³-hybridized carbons (Fsp3) is 0.250. The molecule has 0 unspecified atom stereocenters. The minimum absolute atomic E-state index is 0.657. The molecule has 60 valence electrons. The lowest BCUT2D eigenvalue weighted by Crippen LogP contribution is -1.97. The van der Waals surface area contributed by atoms with Gasteiger partial charge in [-0.05, 0) is 41.6 Å². The van der Waals surface area contributed by atoms with E-state index in [1.165, 1.54) is 0 Å². The Bertz CT molecular complexity index is 250. The number of nitrogen functional groups attached to an aromatic ring is 1. The second kappa shape index (κ2) is 3.80. The molecule has 0 amide bonds. The van der Waals surface area contributed by atoms with Gasteiger partial charge < -0.3 is 10.5 Å². The molecule has 3 heteroatoms. The first-order valence-corrected chi connectivity index (χ1v) is 4.50. The summed E-state index contributed by atoms with van der Waals surface area (Å²) in [6.45, 7) is 2.60. The van der Waals surface area contributed by atoms with Crippen molar-refractivity contribution in [1.29, 1.82) is 0 Å². The fourth-order valence-electron chi connectivity index (χ4n) is 0.799. The summed E-state index contributed by atoms with van der Waals surface area (Å²) < 4.78 is 6.32. The number of hydrogen-bond acceptors (Lipinski definition) is 2. The van der Waals surface area contributed by atoms with E-state index in [4.69, 9.17) is 10.5 Å². The first-order chi connectivity index (χ1) is 5.25. The third kappa shape index (κ3) is 1.99. The highest BCUT2D eigenvalue weighted by Gasteiger charge is 2.00. The van der Waals surface area contributed by atoms with Gasteiger partial charge in [-0.2, -0.15) is 0 Å². The van der Waals surface area contributed by atoms with E-state index in [0.29, 0.717) is 6.61 Å². The summed E-state index contributed by atoms with van der Waals surface area (Å²) in [7, 11) is 0. The van der Waals surface area contributed by atoms with E-state index >= 15 is 0 Å². The third-order valence-corrected chi connectivity index (χ3v) is 2.25. The predicted octanol–water partition coefficient (Wildman–Crippen LogP) is 2.27. The van der Waals surface area contributed by atoms with Crippen LogP contribution in [0.25, 0.3) is 0 Å². The number of benzene rings is 1. The molecule has 0 saturated heterocycles. The highest BCUT2D eigenvalue weighted by Crippen LogP contribution is 2.25. The van der Waals surface area contributed by atoms with Gasteiger partial charge in [-0.15, -0.1) is 0 Å². The summed E-state index contributed by atoms with van der Waals surface area (Å²) in [5.41, 5.74) is 6.47. The van der Waals surface area contributed by atoms with Crippen LogP contribution in [0.4, 0.5) is 5.69 Å². The monoisotopic (exact) mass is 263 g/mol. The molecule has 0 aliphatic rings. The molecular weight excluding hydrogens is 253 g/mol. The molecule has 0 heterocycles.